The molecule has 150 valence electrons. The number of hydrogen-bond donors (Lipinski definition) is 1. The van der Waals surface area contributed by atoms with Crippen LogP contribution < -0.4 is 5.32 Å². The highest BCUT2D eigenvalue weighted by Gasteiger charge is 2.28. The maximum absolute atomic E-state index is 14.2. The molecule has 0 saturated carbocycles. The Morgan fingerprint density at radius 2 is 1.68 bits per heavy atom. The van der Waals surface area contributed by atoms with Gasteiger partial charge in [0.25, 0.3) is 0 Å². The molecule has 1 atom stereocenters. The normalized spacial score (nSPS) is 12.3. The molecule has 0 saturated heterocycles. The number of carbonyl (C=O) groups is 2. The second kappa shape index (κ2) is 9.73. The highest BCUT2D eigenvalue weighted by atomic mass is 32.2. The molecule has 0 heterocycles. The van der Waals surface area contributed by atoms with Crippen LogP contribution >= 0.6 is 11.8 Å². The molecular weight excluding hydrogens is 375 g/mol. The van der Waals surface area contributed by atoms with E-state index in [0.717, 1.165) is 4.90 Å². The second-order valence-corrected chi connectivity index (χ2v) is 8.68. The van der Waals surface area contributed by atoms with Crippen LogP contribution in [-0.2, 0) is 16.1 Å². The maximum atomic E-state index is 14.2. The smallest absolute Gasteiger partial charge is 0.242 e. The lowest BCUT2D eigenvalue weighted by molar-refractivity contribution is -0.139. The zero-order valence-electron chi connectivity index (χ0n) is 16.7. The number of amides is 2. The van der Waals surface area contributed by atoms with Gasteiger partial charge in [0, 0.05) is 22.5 Å². The molecule has 1 N–H and O–H groups in total. The third-order valence-electron chi connectivity index (χ3n) is 4.07. The Labute approximate surface area is 170 Å². The van der Waals surface area contributed by atoms with Gasteiger partial charge in [0.1, 0.15) is 11.9 Å². The van der Waals surface area contributed by atoms with Crippen molar-refractivity contribution in [2.24, 2.45) is 0 Å². The molecule has 2 aromatic rings. The Kier molecular flexibility index (Phi) is 7.63. The number of nitrogens with one attached hydrogen (secondary N) is 1. The minimum absolute atomic E-state index is 0.0413. The topological polar surface area (TPSA) is 49.4 Å². The van der Waals surface area contributed by atoms with Gasteiger partial charge < -0.3 is 10.2 Å². The van der Waals surface area contributed by atoms with Gasteiger partial charge in [-0.25, -0.2) is 4.39 Å². The van der Waals surface area contributed by atoms with Crippen LogP contribution in [0.2, 0.25) is 0 Å². The first-order valence-corrected chi connectivity index (χ1v) is 10.2. The van der Waals surface area contributed by atoms with Gasteiger partial charge in [-0.1, -0.05) is 36.4 Å². The molecule has 2 amide bonds. The van der Waals surface area contributed by atoms with E-state index in [4.69, 9.17) is 0 Å². The Morgan fingerprint density at radius 3 is 2.29 bits per heavy atom. The Hall–Kier alpha value is -2.34. The molecule has 0 radical (unpaired) electrons. The zero-order chi connectivity index (χ0) is 20.7. The Balaban J connectivity index is 2.18. The first kappa shape index (κ1) is 22.0. The van der Waals surface area contributed by atoms with Crippen molar-refractivity contribution in [1.29, 1.82) is 0 Å². The molecular formula is C22H27FN2O2S. The van der Waals surface area contributed by atoms with Gasteiger partial charge in [0.05, 0.1) is 5.75 Å². The first-order valence-electron chi connectivity index (χ1n) is 9.20. The minimum Gasteiger partial charge on any atom is -0.350 e. The standard InChI is InChI=1S/C22H27FN2O2S/c1-16(21(27)24-22(2,3)4)25(14-17-10-8-9-13-19(17)23)20(26)15-28-18-11-6-5-7-12-18/h5-13,16H,14-15H2,1-4H3,(H,24,27). The monoisotopic (exact) mass is 402 g/mol. The lowest BCUT2D eigenvalue weighted by Gasteiger charge is -2.31. The van der Waals surface area contributed by atoms with Crippen LogP contribution in [0.15, 0.2) is 59.5 Å². The van der Waals surface area contributed by atoms with Gasteiger partial charge in [0.15, 0.2) is 0 Å². The van der Waals surface area contributed by atoms with Gasteiger partial charge in [-0.05, 0) is 45.9 Å². The van der Waals surface area contributed by atoms with Crippen molar-refractivity contribution >= 4 is 23.6 Å². The first-order chi connectivity index (χ1) is 13.2. The summed E-state index contributed by atoms with van der Waals surface area (Å²) in [7, 11) is 0. The number of thioether (sulfide) groups is 1. The summed E-state index contributed by atoms with van der Waals surface area (Å²) < 4.78 is 14.2. The van der Waals surface area contributed by atoms with Gasteiger partial charge in [0.2, 0.25) is 11.8 Å². The maximum Gasteiger partial charge on any atom is 0.242 e. The van der Waals surface area contributed by atoms with Crippen LogP contribution in [0.25, 0.3) is 0 Å². The van der Waals surface area contributed by atoms with Crippen LogP contribution in [-0.4, -0.2) is 34.0 Å². The lowest BCUT2D eigenvalue weighted by atomic mass is 10.1. The number of rotatable bonds is 7. The Bertz CT molecular complexity index is 806. The second-order valence-electron chi connectivity index (χ2n) is 7.63. The van der Waals surface area contributed by atoms with Crippen molar-refractivity contribution in [2.75, 3.05) is 5.75 Å². The van der Waals surface area contributed by atoms with E-state index >= 15 is 0 Å². The van der Waals surface area contributed by atoms with E-state index in [9.17, 15) is 14.0 Å². The Morgan fingerprint density at radius 1 is 1.07 bits per heavy atom. The number of benzene rings is 2. The van der Waals surface area contributed by atoms with Crippen LogP contribution in [0.4, 0.5) is 4.39 Å². The molecule has 1 unspecified atom stereocenters. The molecule has 4 nitrogen and oxygen atoms in total. The van der Waals surface area contributed by atoms with Crippen LogP contribution in [0, 0.1) is 5.82 Å². The quantitative estimate of drug-likeness (QED) is 0.705. The molecule has 0 bridgehead atoms. The summed E-state index contributed by atoms with van der Waals surface area (Å²) in [5, 5.41) is 2.90. The van der Waals surface area contributed by atoms with Crippen LogP contribution in [0.5, 0.6) is 0 Å². The van der Waals surface area contributed by atoms with E-state index in [1.165, 1.54) is 22.7 Å². The van der Waals surface area contributed by atoms with Gasteiger partial charge in [-0.15, -0.1) is 11.8 Å². The largest absolute Gasteiger partial charge is 0.350 e. The number of halogens is 1. The third-order valence-corrected chi connectivity index (χ3v) is 5.07. The van der Waals surface area contributed by atoms with E-state index < -0.39 is 11.6 Å². The average molecular weight is 403 g/mol. The van der Waals surface area contributed by atoms with Crippen LogP contribution in [0.3, 0.4) is 0 Å². The lowest BCUT2D eigenvalue weighted by Crippen LogP contribution is -2.52. The van der Waals surface area contributed by atoms with Crippen molar-refractivity contribution in [3.05, 3.63) is 66.0 Å². The summed E-state index contributed by atoms with van der Waals surface area (Å²) in [5.41, 5.74) is -0.0346. The summed E-state index contributed by atoms with van der Waals surface area (Å²) in [4.78, 5) is 28.0. The molecule has 28 heavy (non-hydrogen) atoms. The highest BCUT2D eigenvalue weighted by molar-refractivity contribution is 8.00. The van der Waals surface area contributed by atoms with E-state index in [2.05, 4.69) is 5.32 Å². The average Bonchev–Trinajstić information content (AvgIpc) is 2.64. The number of hydrogen-bond acceptors (Lipinski definition) is 3. The van der Waals surface area contributed by atoms with Crippen LogP contribution in [0.1, 0.15) is 33.3 Å². The van der Waals surface area contributed by atoms with E-state index in [0.29, 0.717) is 5.56 Å². The molecule has 0 aliphatic carbocycles. The summed E-state index contributed by atoms with van der Waals surface area (Å²) in [6.45, 7) is 7.36. The van der Waals surface area contributed by atoms with Crippen molar-refractivity contribution in [2.45, 2.75) is 50.7 Å². The van der Waals surface area contributed by atoms with Crippen molar-refractivity contribution in [1.82, 2.24) is 10.2 Å². The van der Waals surface area contributed by atoms with E-state index in [-0.39, 0.29) is 29.9 Å². The van der Waals surface area contributed by atoms with E-state index in [1.54, 1.807) is 25.1 Å². The minimum atomic E-state index is -0.720. The van der Waals surface area contributed by atoms with Crippen molar-refractivity contribution < 1.29 is 14.0 Å². The predicted octanol–water partition coefficient (Wildman–Crippen LogP) is 4.25. The summed E-state index contributed by atoms with van der Waals surface area (Å²) in [5.74, 6) is -0.694. The molecule has 0 aliphatic heterocycles. The molecule has 6 heteroatoms. The number of carbonyl (C=O) groups excluding carboxylic acids is 2. The molecule has 0 aliphatic rings. The van der Waals surface area contributed by atoms with Gasteiger partial charge >= 0.3 is 0 Å². The number of nitrogens with zero attached hydrogens (tertiary/aromatic N) is 1. The third kappa shape index (κ3) is 6.68. The SMILES string of the molecule is CC(C(=O)NC(C)(C)C)N(Cc1ccccc1F)C(=O)CSc1ccccc1. The van der Waals surface area contributed by atoms with Gasteiger partial charge in [-0.2, -0.15) is 0 Å². The summed E-state index contributed by atoms with van der Waals surface area (Å²) in [6, 6.07) is 15.2. The molecule has 0 spiro atoms. The van der Waals surface area contributed by atoms with Crippen molar-refractivity contribution in [3.8, 4) is 0 Å². The molecule has 2 aromatic carbocycles. The highest BCUT2D eigenvalue weighted by Crippen LogP contribution is 2.20. The summed E-state index contributed by atoms with van der Waals surface area (Å²) in [6.07, 6.45) is 0. The van der Waals surface area contributed by atoms with Gasteiger partial charge in [-0.3, -0.25) is 9.59 Å². The molecule has 2 rings (SSSR count). The molecule has 0 aromatic heterocycles. The fraction of sp³-hybridized carbons (Fsp3) is 0.364. The fourth-order valence-electron chi connectivity index (χ4n) is 2.61. The predicted molar refractivity (Wildman–Crippen MR) is 111 cm³/mol. The molecule has 0 fully saturated rings. The van der Waals surface area contributed by atoms with Crippen molar-refractivity contribution in [3.63, 3.8) is 0 Å². The summed E-state index contributed by atoms with van der Waals surface area (Å²) >= 11 is 1.40. The fourth-order valence-corrected chi connectivity index (χ4v) is 3.42. The van der Waals surface area contributed by atoms with E-state index in [1.807, 2.05) is 51.1 Å². The zero-order valence-corrected chi connectivity index (χ0v) is 17.6.